The van der Waals surface area contributed by atoms with Gasteiger partial charge in [0, 0.05) is 6.42 Å². The molecule has 0 radical (unpaired) electrons. The molecule has 1 saturated heterocycles. The Labute approximate surface area is 88.9 Å². The summed E-state index contributed by atoms with van der Waals surface area (Å²) in [7, 11) is 0. The fraction of sp³-hybridized carbons (Fsp3) is 0.818. The molecular formula is C11H16O4. The normalized spacial score (nSPS) is 32.8. The summed E-state index contributed by atoms with van der Waals surface area (Å²) in [5, 5.41) is 0. The Balaban J connectivity index is 1.83. The number of hydrogen-bond acceptors (Lipinski definition) is 4. The zero-order chi connectivity index (χ0) is 10.7. The monoisotopic (exact) mass is 212 g/mol. The van der Waals surface area contributed by atoms with E-state index in [-0.39, 0.29) is 17.9 Å². The molecule has 1 aliphatic heterocycles. The molecular weight excluding hydrogens is 196 g/mol. The van der Waals surface area contributed by atoms with E-state index in [9.17, 15) is 9.59 Å². The van der Waals surface area contributed by atoms with Crippen LogP contribution < -0.4 is 0 Å². The van der Waals surface area contributed by atoms with Gasteiger partial charge in [0.2, 0.25) is 0 Å². The van der Waals surface area contributed by atoms with Crippen molar-refractivity contribution in [3.05, 3.63) is 0 Å². The van der Waals surface area contributed by atoms with Crippen molar-refractivity contribution in [2.75, 3.05) is 13.2 Å². The molecule has 0 amide bonds. The largest absolute Gasteiger partial charge is 0.466 e. The lowest BCUT2D eigenvalue weighted by atomic mass is 10.2. The summed E-state index contributed by atoms with van der Waals surface area (Å²) in [5.41, 5.74) is 0. The first-order valence-corrected chi connectivity index (χ1v) is 5.59. The second-order valence-electron chi connectivity index (χ2n) is 4.24. The molecule has 0 aromatic carbocycles. The predicted molar refractivity (Wildman–Crippen MR) is 52.0 cm³/mol. The van der Waals surface area contributed by atoms with Crippen molar-refractivity contribution < 1.29 is 19.1 Å². The third-order valence-corrected chi connectivity index (χ3v) is 2.99. The molecule has 2 aliphatic rings. The number of fused-ring (bicyclic) bond motifs is 1. The average molecular weight is 212 g/mol. The number of cyclic esters (lactones) is 2. The van der Waals surface area contributed by atoms with Crippen molar-refractivity contribution in [1.29, 1.82) is 0 Å². The molecule has 1 aliphatic carbocycles. The van der Waals surface area contributed by atoms with E-state index in [0.717, 1.165) is 25.7 Å². The van der Waals surface area contributed by atoms with Crippen molar-refractivity contribution in [1.82, 2.24) is 0 Å². The molecule has 2 atom stereocenters. The zero-order valence-electron chi connectivity index (χ0n) is 8.74. The van der Waals surface area contributed by atoms with Crippen LogP contribution in [0.2, 0.25) is 0 Å². The highest BCUT2D eigenvalue weighted by Gasteiger charge is 2.43. The van der Waals surface area contributed by atoms with E-state index in [2.05, 4.69) is 0 Å². The second-order valence-corrected chi connectivity index (χ2v) is 4.24. The summed E-state index contributed by atoms with van der Waals surface area (Å²) in [4.78, 5) is 22.6. The van der Waals surface area contributed by atoms with E-state index in [4.69, 9.17) is 9.47 Å². The zero-order valence-corrected chi connectivity index (χ0v) is 8.74. The van der Waals surface area contributed by atoms with Gasteiger partial charge in [0.05, 0.1) is 19.1 Å². The van der Waals surface area contributed by atoms with Crippen LogP contribution in [-0.4, -0.2) is 25.2 Å². The van der Waals surface area contributed by atoms with E-state index in [1.165, 1.54) is 0 Å². The Bertz CT molecular complexity index is 261. The maximum Gasteiger partial charge on any atom is 0.309 e. The summed E-state index contributed by atoms with van der Waals surface area (Å²) in [6.07, 6.45) is 3.63. The number of carbonyl (C=O) groups excluding carboxylic acids is 2. The van der Waals surface area contributed by atoms with Gasteiger partial charge in [-0.25, -0.2) is 0 Å². The first-order valence-electron chi connectivity index (χ1n) is 5.59. The highest BCUT2D eigenvalue weighted by Crippen LogP contribution is 2.43. The number of ether oxygens (including phenoxy) is 2. The molecule has 0 aromatic heterocycles. The summed E-state index contributed by atoms with van der Waals surface area (Å²) in [5.74, 6) is 0.199. The molecule has 0 bridgehead atoms. The third kappa shape index (κ3) is 2.94. The van der Waals surface area contributed by atoms with Gasteiger partial charge in [-0.3, -0.25) is 9.59 Å². The minimum absolute atomic E-state index is 0.0530. The molecule has 2 unspecified atom stereocenters. The van der Waals surface area contributed by atoms with Gasteiger partial charge >= 0.3 is 11.9 Å². The Kier molecular flexibility index (Phi) is 3.23. The smallest absolute Gasteiger partial charge is 0.309 e. The maximum atomic E-state index is 11.4. The Morgan fingerprint density at radius 2 is 1.80 bits per heavy atom. The van der Waals surface area contributed by atoms with Gasteiger partial charge in [0.15, 0.2) is 0 Å². The Morgan fingerprint density at radius 1 is 1.07 bits per heavy atom. The van der Waals surface area contributed by atoms with E-state index in [1.807, 2.05) is 0 Å². The summed E-state index contributed by atoms with van der Waals surface area (Å²) in [6.45, 7) is 0.907. The minimum Gasteiger partial charge on any atom is -0.466 e. The van der Waals surface area contributed by atoms with Gasteiger partial charge < -0.3 is 9.47 Å². The fourth-order valence-corrected chi connectivity index (χ4v) is 1.90. The average Bonchev–Trinajstić information content (AvgIpc) is 2.97. The van der Waals surface area contributed by atoms with Crippen LogP contribution in [0.3, 0.4) is 0 Å². The fourth-order valence-electron chi connectivity index (χ4n) is 1.90. The standard InChI is InChI=1S/C11H16O4/c12-10-4-3-8-7-9(8)11(13)15-6-2-1-5-14-10/h8-9H,1-7H2. The van der Waals surface area contributed by atoms with Gasteiger partial charge in [-0.15, -0.1) is 0 Å². The summed E-state index contributed by atoms with van der Waals surface area (Å²) in [6, 6.07) is 0. The lowest BCUT2D eigenvalue weighted by molar-refractivity contribution is -0.148. The van der Waals surface area contributed by atoms with Crippen LogP contribution in [-0.2, 0) is 19.1 Å². The first kappa shape index (κ1) is 10.5. The number of carbonyl (C=O) groups is 2. The van der Waals surface area contributed by atoms with Crippen molar-refractivity contribution in [3.8, 4) is 0 Å². The molecule has 0 N–H and O–H groups in total. The molecule has 1 saturated carbocycles. The second kappa shape index (κ2) is 4.64. The molecule has 0 aromatic rings. The first-order chi connectivity index (χ1) is 7.27. The number of esters is 2. The van der Waals surface area contributed by atoms with E-state index in [1.54, 1.807) is 0 Å². The van der Waals surface area contributed by atoms with Crippen molar-refractivity contribution in [3.63, 3.8) is 0 Å². The van der Waals surface area contributed by atoms with E-state index >= 15 is 0 Å². The van der Waals surface area contributed by atoms with Crippen molar-refractivity contribution in [2.45, 2.75) is 32.1 Å². The molecule has 15 heavy (non-hydrogen) atoms. The molecule has 4 nitrogen and oxygen atoms in total. The molecule has 0 spiro atoms. The number of rotatable bonds is 0. The van der Waals surface area contributed by atoms with Crippen LogP contribution in [0, 0.1) is 11.8 Å². The minimum atomic E-state index is -0.130. The quantitative estimate of drug-likeness (QED) is 0.568. The lowest BCUT2D eigenvalue weighted by Crippen LogP contribution is -2.13. The van der Waals surface area contributed by atoms with Gasteiger partial charge in [-0.2, -0.15) is 0 Å². The van der Waals surface area contributed by atoms with E-state index in [0.29, 0.717) is 25.6 Å². The highest BCUT2D eigenvalue weighted by atomic mass is 16.5. The lowest BCUT2D eigenvalue weighted by Gasteiger charge is -2.08. The van der Waals surface area contributed by atoms with Gasteiger partial charge in [-0.1, -0.05) is 0 Å². The highest BCUT2D eigenvalue weighted by molar-refractivity contribution is 5.76. The van der Waals surface area contributed by atoms with Crippen molar-refractivity contribution >= 4 is 11.9 Å². The molecule has 4 heteroatoms. The van der Waals surface area contributed by atoms with Crippen LogP contribution in [0.1, 0.15) is 32.1 Å². The number of hydrogen-bond donors (Lipinski definition) is 0. The van der Waals surface area contributed by atoms with Gasteiger partial charge in [0.25, 0.3) is 0 Å². The van der Waals surface area contributed by atoms with Gasteiger partial charge in [-0.05, 0) is 31.6 Å². The van der Waals surface area contributed by atoms with Crippen molar-refractivity contribution in [2.24, 2.45) is 11.8 Å². The summed E-state index contributed by atoms with van der Waals surface area (Å²) < 4.78 is 10.1. The van der Waals surface area contributed by atoms with Crippen LogP contribution in [0.15, 0.2) is 0 Å². The third-order valence-electron chi connectivity index (χ3n) is 2.99. The molecule has 1 heterocycles. The predicted octanol–water partition coefficient (Wildman–Crippen LogP) is 1.28. The van der Waals surface area contributed by atoms with Gasteiger partial charge in [0.1, 0.15) is 0 Å². The van der Waals surface area contributed by atoms with E-state index < -0.39 is 0 Å². The Morgan fingerprint density at radius 3 is 2.60 bits per heavy atom. The molecule has 2 rings (SSSR count). The summed E-state index contributed by atoms with van der Waals surface area (Å²) >= 11 is 0. The van der Waals surface area contributed by atoms with Crippen LogP contribution in [0.4, 0.5) is 0 Å². The maximum absolute atomic E-state index is 11.4. The Hall–Kier alpha value is -1.06. The molecule has 2 fully saturated rings. The van der Waals surface area contributed by atoms with Crippen LogP contribution in [0.25, 0.3) is 0 Å². The SMILES string of the molecule is O=C1CCC2CC2C(=O)OCCCCO1. The molecule has 84 valence electrons. The topological polar surface area (TPSA) is 52.6 Å². The van der Waals surface area contributed by atoms with Crippen LogP contribution >= 0.6 is 0 Å². The van der Waals surface area contributed by atoms with Crippen LogP contribution in [0.5, 0.6) is 0 Å².